The van der Waals surface area contributed by atoms with Gasteiger partial charge in [-0.1, -0.05) is 57.5 Å². The Morgan fingerprint density at radius 3 is 2.54 bits per heavy atom. The molecule has 3 heteroatoms. The van der Waals surface area contributed by atoms with E-state index in [0.717, 1.165) is 12.3 Å². The quantitative estimate of drug-likeness (QED) is 0.750. The topological polar surface area (TPSA) is 41.5 Å². The molecular weight excluding hydrogens is 298 g/mol. The lowest BCUT2D eigenvalue weighted by atomic mass is 9.75. The highest BCUT2D eigenvalue weighted by Crippen LogP contribution is 2.35. The van der Waals surface area contributed by atoms with Crippen LogP contribution in [-0.2, 0) is 4.74 Å². The number of hydrogen-bond acceptors (Lipinski definition) is 3. The largest absolute Gasteiger partial charge is 0.389 e. The van der Waals surface area contributed by atoms with Crippen molar-refractivity contribution in [2.75, 3.05) is 13.2 Å². The van der Waals surface area contributed by atoms with E-state index in [1.807, 2.05) is 18.2 Å². The van der Waals surface area contributed by atoms with Crippen LogP contribution in [0.4, 0.5) is 0 Å². The summed E-state index contributed by atoms with van der Waals surface area (Å²) < 4.78 is 6.14. The highest BCUT2D eigenvalue weighted by atomic mass is 16.5. The minimum absolute atomic E-state index is 0.235. The van der Waals surface area contributed by atoms with Gasteiger partial charge >= 0.3 is 0 Å². The fourth-order valence-electron chi connectivity index (χ4n) is 3.77. The Balaban J connectivity index is 1.74. The van der Waals surface area contributed by atoms with Gasteiger partial charge < -0.3 is 15.2 Å². The second kappa shape index (κ2) is 9.55. The first-order valence-corrected chi connectivity index (χ1v) is 9.55. The maximum absolute atomic E-state index is 10.3. The molecule has 0 amide bonds. The van der Waals surface area contributed by atoms with Gasteiger partial charge in [0.1, 0.15) is 0 Å². The maximum Gasteiger partial charge on any atom is 0.0898 e. The predicted molar refractivity (Wildman–Crippen MR) is 99.9 cm³/mol. The van der Waals surface area contributed by atoms with E-state index in [1.54, 1.807) is 0 Å². The van der Waals surface area contributed by atoms with Crippen molar-refractivity contribution in [2.45, 2.75) is 65.2 Å². The van der Waals surface area contributed by atoms with E-state index in [2.05, 4.69) is 45.1 Å². The van der Waals surface area contributed by atoms with Crippen molar-refractivity contribution >= 4 is 0 Å². The molecule has 3 nitrogen and oxygen atoms in total. The van der Waals surface area contributed by atoms with Crippen molar-refractivity contribution in [1.82, 2.24) is 5.32 Å². The summed E-state index contributed by atoms with van der Waals surface area (Å²) in [6.45, 7) is 10.00. The molecule has 1 aromatic rings. The smallest absolute Gasteiger partial charge is 0.0898 e. The summed E-state index contributed by atoms with van der Waals surface area (Å²) in [6.07, 6.45) is 3.53. The number of benzene rings is 1. The second-order valence-corrected chi connectivity index (χ2v) is 7.89. The van der Waals surface area contributed by atoms with E-state index < -0.39 is 6.10 Å². The molecule has 24 heavy (non-hydrogen) atoms. The Labute approximate surface area is 147 Å². The standard InChI is InChI=1S/C21H35NO2/c1-15(2)20-11-10-16(3)12-21(20)24-14-19(23)13-22-17(4)18-8-6-5-7-9-18/h5-9,15-17,19-23H,10-14H2,1-4H3/t16-,17-,19+,20-,21+/m0/s1. The summed E-state index contributed by atoms with van der Waals surface area (Å²) in [4.78, 5) is 0. The Hall–Kier alpha value is -0.900. The van der Waals surface area contributed by atoms with Gasteiger partial charge in [-0.15, -0.1) is 0 Å². The van der Waals surface area contributed by atoms with Crippen LogP contribution in [0.1, 0.15) is 58.6 Å². The molecule has 0 aliphatic heterocycles. The highest BCUT2D eigenvalue weighted by Gasteiger charge is 2.31. The summed E-state index contributed by atoms with van der Waals surface area (Å²) in [6, 6.07) is 10.6. The Morgan fingerprint density at radius 2 is 1.88 bits per heavy atom. The van der Waals surface area contributed by atoms with Gasteiger partial charge in [-0.25, -0.2) is 0 Å². The van der Waals surface area contributed by atoms with Crippen molar-refractivity contribution in [3.8, 4) is 0 Å². The predicted octanol–water partition coefficient (Wildman–Crippen LogP) is 4.18. The summed E-state index contributed by atoms with van der Waals surface area (Å²) in [7, 11) is 0. The monoisotopic (exact) mass is 333 g/mol. The molecule has 1 fully saturated rings. The van der Waals surface area contributed by atoms with Crippen molar-refractivity contribution < 1.29 is 9.84 Å². The minimum atomic E-state index is -0.457. The van der Waals surface area contributed by atoms with Gasteiger partial charge in [0.2, 0.25) is 0 Å². The van der Waals surface area contributed by atoms with Gasteiger partial charge in [-0.2, -0.15) is 0 Å². The average molecular weight is 334 g/mol. The fraction of sp³-hybridized carbons (Fsp3) is 0.714. The van der Waals surface area contributed by atoms with Crippen molar-refractivity contribution in [2.24, 2.45) is 17.8 Å². The van der Waals surface area contributed by atoms with Crippen molar-refractivity contribution in [3.63, 3.8) is 0 Å². The van der Waals surface area contributed by atoms with Crippen molar-refractivity contribution in [3.05, 3.63) is 35.9 Å². The lowest BCUT2D eigenvalue weighted by molar-refractivity contribution is -0.0685. The molecule has 1 aliphatic rings. The molecule has 0 aromatic heterocycles. The zero-order valence-electron chi connectivity index (χ0n) is 15.7. The molecule has 0 radical (unpaired) electrons. The molecular formula is C21H35NO2. The van der Waals surface area contributed by atoms with Gasteiger partial charge in [-0.3, -0.25) is 0 Å². The third-order valence-electron chi connectivity index (χ3n) is 5.42. The summed E-state index contributed by atoms with van der Waals surface area (Å²) in [5.41, 5.74) is 1.24. The SMILES string of the molecule is CC(C)[C@@H]1CC[C@H](C)C[C@H]1OC[C@H](O)CN[C@@H](C)c1ccccc1. The number of hydrogen-bond donors (Lipinski definition) is 2. The fourth-order valence-corrected chi connectivity index (χ4v) is 3.77. The van der Waals surface area contributed by atoms with Crippen LogP contribution < -0.4 is 5.32 Å². The average Bonchev–Trinajstić information content (AvgIpc) is 2.58. The highest BCUT2D eigenvalue weighted by molar-refractivity contribution is 5.17. The van der Waals surface area contributed by atoms with Gasteiger partial charge in [0.05, 0.1) is 18.8 Å². The molecule has 2 rings (SSSR count). The van der Waals surface area contributed by atoms with E-state index in [9.17, 15) is 5.11 Å². The first-order valence-electron chi connectivity index (χ1n) is 9.55. The van der Waals surface area contributed by atoms with Crippen LogP contribution in [0.15, 0.2) is 30.3 Å². The molecule has 1 saturated carbocycles. The van der Waals surface area contributed by atoms with Crippen molar-refractivity contribution in [1.29, 1.82) is 0 Å². The number of aliphatic hydroxyl groups is 1. The van der Waals surface area contributed by atoms with E-state index in [4.69, 9.17) is 4.74 Å². The molecule has 2 N–H and O–H groups in total. The first-order chi connectivity index (χ1) is 11.5. The van der Waals surface area contributed by atoms with Crippen LogP contribution in [0.25, 0.3) is 0 Å². The van der Waals surface area contributed by atoms with Crippen LogP contribution in [-0.4, -0.2) is 30.5 Å². The van der Waals surface area contributed by atoms with E-state index in [1.165, 1.54) is 18.4 Å². The van der Waals surface area contributed by atoms with Gasteiger partial charge in [-0.05, 0) is 43.1 Å². The Morgan fingerprint density at radius 1 is 1.17 bits per heavy atom. The van der Waals surface area contributed by atoms with Crippen LogP contribution in [0, 0.1) is 17.8 Å². The lowest BCUT2D eigenvalue weighted by Gasteiger charge is -2.37. The van der Waals surface area contributed by atoms with Gasteiger partial charge in [0, 0.05) is 12.6 Å². The zero-order chi connectivity index (χ0) is 17.5. The first kappa shape index (κ1) is 19.4. The van der Waals surface area contributed by atoms with Gasteiger partial charge in [0.25, 0.3) is 0 Å². The summed E-state index contributed by atoms with van der Waals surface area (Å²) >= 11 is 0. The molecule has 0 unspecified atom stereocenters. The normalized spacial score (nSPS) is 27.2. The Kier molecular flexibility index (Phi) is 7.73. The van der Waals surface area contributed by atoms with E-state index in [0.29, 0.717) is 31.1 Å². The number of ether oxygens (including phenoxy) is 1. The van der Waals surface area contributed by atoms with E-state index in [-0.39, 0.29) is 6.04 Å². The zero-order valence-corrected chi connectivity index (χ0v) is 15.7. The van der Waals surface area contributed by atoms with Gasteiger partial charge in [0.15, 0.2) is 0 Å². The molecule has 0 bridgehead atoms. The molecule has 0 spiro atoms. The maximum atomic E-state index is 10.3. The van der Waals surface area contributed by atoms with Crippen LogP contribution >= 0.6 is 0 Å². The number of nitrogens with one attached hydrogen (secondary N) is 1. The molecule has 5 atom stereocenters. The van der Waals surface area contributed by atoms with E-state index >= 15 is 0 Å². The molecule has 136 valence electrons. The lowest BCUT2D eigenvalue weighted by Crippen LogP contribution is -2.38. The minimum Gasteiger partial charge on any atom is -0.389 e. The Bertz CT molecular complexity index is 462. The van der Waals surface area contributed by atoms with Crippen LogP contribution in [0.3, 0.4) is 0 Å². The molecule has 0 saturated heterocycles. The number of aliphatic hydroxyl groups excluding tert-OH is 1. The van der Waals surface area contributed by atoms with Crippen LogP contribution in [0.2, 0.25) is 0 Å². The second-order valence-electron chi connectivity index (χ2n) is 7.89. The third-order valence-corrected chi connectivity index (χ3v) is 5.42. The molecule has 1 aliphatic carbocycles. The molecule has 0 heterocycles. The molecule has 1 aromatic carbocycles. The van der Waals surface area contributed by atoms with Crippen LogP contribution in [0.5, 0.6) is 0 Å². The summed E-state index contributed by atoms with van der Waals surface area (Å²) in [5.74, 6) is 2.01. The third kappa shape index (κ3) is 5.87. The summed E-state index contributed by atoms with van der Waals surface area (Å²) in [5, 5.41) is 13.7. The number of rotatable bonds is 8.